The fourth-order valence-corrected chi connectivity index (χ4v) is 10.9. The summed E-state index contributed by atoms with van der Waals surface area (Å²) in [6.07, 6.45) is 0. The fraction of sp³-hybridized carbons (Fsp3) is 0. The molecule has 0 spiro atoms. The number of rotatable bonds is 12. The van der Waals surface area contributed by atoms with E-state index in [1.807, 2.05) is 340 Å². The Labute approximate surface area is 691 Å². The SMILES string of the molecule is [Ag+].[Ag+].[Cl][Pt].[Cl][Pt].c1ccc(-c2cc(-c3ccccc3)[n-]n2)cc1.c1ccc(-c2cc(-c3ccccc3)[n-]n2)cc1.c1ccc(-c2cc(-c3ccccc3)[n-]n2)cc1.c1ccc(-c2cc(-c3ccccc3)[n-]n2)cc1.c1ccc(-c2cc(-c3ccccc3)[nH]n2)cc1.c1ccc(-c2cc(-c3ccccc3)[nH]n2)cc1. The summed E-state index contributed by atoms with van der Waals surface area (Å²) in [6, 6.07) is 134. The van der Waals surface area contributed by atoms with E-state index < -0.39 is 0 Å². The molecule has 0 radical (unpaired) electrons. The zero-order valence-electron chi connectivity index (χ0n) is 57.6. The summed E-state index contributed by atoms with van der Waals surface area (Å²) in [7, 11) is 9.22. The molecule has 18 aromatic rings. The van der Waals surface area contributed by atoms with Crippen molar-refractivity contribution in [2.24, 2.45) is 0 Å². The van der Waals surface area contributed by atoms with E-state index in [0.717, 1.165) is 135 Å². The van der Waals surface area contributed by atoms with Crippen LogP contribution in [0.4, 0.5) is 0 Å². The van der Waals surface area contributed by atoms with Crippen LogP contribution in [0.15, 0.2) is 400 Å². The van der Waals surface area contributed by atoms with Crippen LogP contribution in [0.25, 0.3) is 135 Å². The number of nitrogens with one attached hydrogen (secondary N) is 2. The maximum Gasteiger partial charge on any atom is 0.0927 e. The molecule has 0 bridgehead atoms. The first kappa shape index (κ1) is 81.4. The molecule has 2 N–H and O–H groups in total. The summed E-state index contributed by atoms with van der Waals surface area (Å²) in [5, 5.41) is 48.5. The van der Waals surface area contributed by atoms with Gasteiger partial charge in [0.2, 0.25) is 0 Å². The molecule has 12 aromatic carbocycles. The molecule has 0 saturated heterocycles. The second-order valence-corrected chi connectivity index (χ2v) is 23.2. The Bertz CT molecular complexity index is 4180. The van der Waals surface area contributed by atoms with E-state index in [0.29, 0.717) is 0 Å². The zero-order chi connectivity index (χ0) is 73.0. The molecule has 6 heterocycles. The van der Waals surface area contributed by atoms with Crippen molar-refractivity contribution in [3.8, 4) is 135 Å². The van der Waals surface area contributed by atoms with Gasteiger partial charge < -0.3 is 40.8 Å². The molecule has 0 aliphatic heterocycles. The fourth-order valence-electron chi connectivity index (χ4n) is 10.9. The van der Waals surface area contributed by atoms with Gasteiger partial charge in [-0.05, 0) is 67.8 Å². The number of H-pyrrole nitrogens is 2. The second kappa shape index (κ2) is 45.1. The van der Waals surface area contributed by atoms with Crippen LogP contribution in [0, 0.1) is 0 Å². The van der Waals surface area contributed by atoms with E-state index in [2.05, 4.69) is 141 Å². The first-order valence-corrected chi connectivity index (χ1v) is 39.2. The topological polar surface area (TPSA) is 165 Å². The molecule has 0 fully saturated rings. The molecule has 0 aliphatic carbocycles. The number of halogens is 2. The van der Waals surface area contributed by atoms with Crippen molar-refractivity contribution in [1.82, 2.24) is 61.2 Å². The van der Waals surface area contributed by atoms with Gasteiger partial charge in [-0.25, -0.2) is 0 Å². The van der Waals surface area contributed by atoms with Crippen LogP contribution in [0.2, 0.25) is 0 Å². The van der Waals surface area contributed by atoms with Crippen LogP contribution >= 0.6 is 18.8 Å². The van der Waals surface area contributed by atoms with E-state index >= 15 is 0 Å². The van der Waals surface area contributed by atoms with Gasteiger partial charge in [0.25, 0.3) is 0 Å². The third-order valence-electron chi connectivity index (χ3n) is 16.2. The Balaban J connectivity index is 0.000000148. The molecule has 108 heavy (non-hydrogen) atoms. The summed E-state index contributed by atoms with van der Waals surface area (Å²) < 4.78 is 0. The van der Waals surface area contributed by atoms with Crippen LogP contribution in [0.3, 0.4) is 0 Å². The van der Waals surface area contributed by atoms with Crippen molar-refractivity contribution in [2.45, 2.75) is 0 Å². The van der Waals surface area contributed by atoms with E-state index in [9.17, 15) is 0 Å². The smallest absolute Gasteiger partial charge is 0.0927 e. The van der Waals surface area contributed by atoms with Crippen molar-refractivity contribution >= 4 is 18.8 Å². The van der Waals surface area contributed by atoms with Crippen LogP contribution in [-0.4, -0.2) is 40.8 Å². The van der Waals surface area contributed by atoms with Crippen molar-refractivity contribution in [3.05, 3.63) is 400 Å². The Kier molecular flexibility index (Phi) is 34.0. The summed E-state index contributed by atoms with van der Waals surface area (Å²) >= 11 is 3.22. The molecule has 546 valence electrons. The first-order valence-electron chi connectivity index (χ1n) is 33.6. The predicted octanol–water partition coefficient (Wildman–Crippen LogP) is 22.3. The largest absolute Gasteiger partial charge is 0.574 e. The average molecular weight is 1990 g/mol. The minimum atomic E-state index is 0. The number of aromatic nitrogens is 12. The van der Waals surface area contributed by atoms with E-state index in [4.69, 9.17) is 0 Å². The molecule has 0 saturated carbocycles. The standard InChI is InChI=1S/2C15H12N2.4C15H11N2.2Ag.2ClH.2Pt/c6*1-3-7-12(8-4-1)14-11-15(17-16-14)13-9-5-2-6-10-13;;;;;;/h2*1-11H,(H,16,17);4*1-11H;;;2*1H;;/q;;4*-1;2*+1;;;2*+1/p-2. The summed E-state index contributed by atoms with van der Waals surface area (Å²) in [6.45, 7) is 0. The Morgan fingerprint density at radius 1 is 0.185 bits per heavy atom. The number of hydrogen-bond donors (Lipinski definition) is 2. The predicted molar refractivity (Wildman–Crippen MR) is 424 cm³/mol. The minimum Gasteiger partial charge on any atom is -0.574 e. The van der Waals surface area contributed by atoms with Crippen molar-refractivity contribution in [2.75, 3.05) is 0 Å². The van der Waals surface area contributed by atoms with Gasteiger partial charge >= 0.3 is 101 Å². The first-order chi connectivity index (χ1) is 52.6. The molecule has 0 aliphatic rings. The van der Waals surface area contributed by atoms with Gasteiger partial charge in [0.05, 0.1) is 22.8 Å². The molecule has 12 nitrogen and oxygen atoms in total. The molecular formula is C90H68Ag2Cl2N12Pt2-2. The van der Waals surface area contributed by atoms with E-state index in [1.54, 1.807) is 37.5 Å². The van der Waals surface area contributed by atoms with Gasteiger partial charge in [0.1, 0.15) is 0 Å². The third kappa shape index (κ3) is 24.2. The summed E-state index contributed by atoms with van der Waals surface area (Å²) in [4.78, 5) is 0. The van der Waals surface area contributed by atoms with Crippen LogP contribution in [-0.2, 0) is 82.3 Å². The average Bonchev–Trinajstić information content (AvgIpc) is 1.75. The molecule has 6 aromatic heterocycles. The maximum absolute atomic E-state index is 4.61. The molecule has 0 unspecified atom stereocenters. The zero-order valence-corrected chi connectivity index (χ0v) is 66.6. The Morgan fingerprint density at radius 3 is 0.509 bits per heavy atom. The molecule has 18 heteroatoms. The third-order valence-corrected chi connectivity index (χ3v) is 16.2. The van der Waals surface area contributed by atoms with Gasteiger partial charge in [0.15, 0.2) is 0 Å². The van der Waals surface area contributed by atoms with Crippen molar-refractivity contribution in [1.29, 1.82) is 0 Å². The van der Waals surface area contributed by atoms with Crippen LogP contribution in [0.5, 0.6) is 0 Å². The molecular weight excluding hydrogens is 1930 g/mol. The molecule has 18 rings (SSSR count). The molecule has 0 atom stereocenters. The Morgan fingerprint density at radius 2 is 0.333 bits per heavy atom. The number of hydrogen-bond acceptors (Lipinski definition) is 6. The number of aromatic amines is 2. The molecule has 0 amide bonds. The van der Waals surface area contributed by atoms with Gasteiger partial charge in [-0.2, -0.15) is 10.2 Å². The normalized spacial score (nSPS) is 9.91. The van der Waals surface area contributed by atoms with Crippen molar-refractivity contribution < 1.29 is 82.3 Å². The quantitative estimate of drug-likeness (QED) is 0.112. The van der Waals surface area contributed by atoms with Crippen LogP contribution < -0.4 is 20.4 Å². The number of benzene rings is 12. The van der Waals surface area contributed by atoms with E-state index in [-0.39, 0.29) is 44.8 Å². The van der Waals surface area contributed by atoms with E-state index in [1.165, 1.54) is 0 Å². The maximum atomic E-state index is 4.61. The van der Waals surface area contributed by atoms with Gasteiger partial charge in [-0.3, -0.25) is 10.2 Å². The van der Waals surface area contributed by atoms with Gasteiger partial charge in [-0.1, -0.05) is 388 Å². The van der Waals surface area contributed by atoms with Crippen molar-refractivity contribution in [3.63, 3.8) is 0 Å². The summed E-state index contributed by atoms with van der Waals surface area (Å²) in [5.41, 5.74) is 24.8. The second-order valence-electron chi connectivity index (χ2n) is 23.2. The monoisotopic (exact) mass is 1990 g/mol. The Hall–Kier alpha value is -10.7. The summed E-state index contributed by atoms with van der Waals surface area (Å²) in [5.74, 6) is 0. The number of nitrogens with zero attached hydrogens (tertiary/aromatic N) is 10. The van der Waals surface area contributed by atoms with Gasteiger partial charge in [0, 0.05) is 33.9 Å². The minimum absolute atomic E-state index is 0. The van der Waals surface area contributed by atoms with Gasteiger partial charge in [-0.15, -0.1) is 22.8 Å². The van der Waals surface area contributed by atoms with Crippen LogP contribution in [0.1, 0.15) is 0 Å².